The third-order valence-electron chi connectivity index (χ3n) is 4.19. The van der Waals surface area contributed by atoms with Gasteiger partial charge < -0.3 is 9.64 Å². The van der Waals surface area contributed by atoms with Gasteiger partial charge in [-0.25, -0.2) is 0 Å². The lowest BCUT2D eigenvalue weighted by Gasteiger charge is -2.35. The van der Waals surface area contributed by atoms with Crippen molar-refractivity contribution in [2.24, 2.45) is 0 Å². The number of rotatable bonds is 3. The summed E-state index contributed by atoms with van der Waals surface area (Å²) in [4.78, 5) is 30.8. The predicted octanol–water partition coefficient (Wildman–Crippen LogP) is 2.66. The molecule has 0 radical (unpaired) electrons. The lowest BCUT2D eigenvalue weighted by atomic mass is 10.1. The molecule has 1 unspecified atom stereocenters. The molecule has 0 spiro atoms. The van der Waals surface area contributed by atoms with Gasteiger partial charge in [-0.05, 0) is 31.2 Å². The molecule has 0 aliphatic carbocycles. The molecule has 6 heteroatoms. The van der Waals surface area contributed by atoms with Crippen molar-refractivity contribution in [3.05, 3.63) is 41.6 Å². The van der Waals surface area contributed by atoms with Crippen molar-refractivity contribution in [3.8, 4) is 0 Å². The maximum absolute atomic E-state index is 12.9. The van der Waals surface area contributed by atoms with E-state index in [2.05, 4.69) is 4.98 Å². The number of thioether (sulfide) groups is 1. The Bertz CT molecular complexity index is 778. The number of carbonyl (C=O) groups is 2. The van der Waals surface area contributed by atoms with Gasteiger partial charge >= 0.3 is 5.97 Å². The van der Waals surface area contributed by atoms with Gasteiger partial charge in [0, 0.05) is 34.7 Å². The normalized spacial score (nSPS) is 17.8. The summed E-state index contributed by atoms with van der Waals surface area (Å²) in [5.41, 5.74) is 2.47. The van der Waals surface area contributed by atoms with E-state index in [9.17, 15) is 9.59 Å². The van der Waals surface area contributed by atoms with E-state index >= 15 is 0 Å². The monoisotopic (exact) mass is 344 g/mol. The van der Waals surface area contributed by atoms with E-state index in [0.717, 1.165) is 28.1 Å². The molecule has 1 saturated heterocycles. The van der Waals surface area contributed by atoms with Gasteiger partial charge in [-0.2, -0.15) is 11.8 Å². The second-order valence-corrected chi connectivity index (χ2v) is 7.02. The Labute approximate surface area is 145 Å². The molecule has 0 bridgehead atoms. The van der Waals surface area contributed by atoms with Gasteiger partial charge in [-0.3, -0.25) is 14.6 Å². The average Bonchev–Trinajstić information content (AvgIpc) is 2.61. The van der Waals surface area contributed by atoms with Crippen LogP contribution in [0.1, 0.15) is 22.5 Å². The first-order valence-electron chi connectivity index (χ1n) is 7.91. The molecular formula is C18H20N2O3S. The van der Waals surface area contributed by atoms with Gasteiger partial charge in [0.25, 0.3) is 5.91 Å². The van der Waals surface area contributed by atoms with Crippen molar-refractivity contribution in [1.29, 1.82) is 0 Å². The highest BCUT2D eigenvalue weighted by Crippen LogP contribution is 2.23. The molecule has 126 valence electrons. The summed E-state index contributed by atoms with van der Waals surface area (Å²) in [6.45, 7) is 2.59. The Balaban J connectivity index is 1.85. The minimum absolute atomic E-state index is 0.0355. The minimum Gasteiger partial charge on any atom is -0.469 e. The minimum atomic E-state index is -0.279. The maximum atomic E-state index is 12.9. The first kappa shape index (κ1) is 16.8. The fourth-order valence-corrected chi connectivity index (χ4v) is 3.96. The number of hydrogen-bond acceptors (Lipinski definition) is 5. The third-order valence-corrected chi connectivity index (χ3v) is 5.29. The lowest BCUT2D eigenvalue weighted by Crippen LogP contribution is -2.47. The number of amides is 1. The molecule has 1 aromatic heterocycles. The van der Waals surface area contributed by atoms with E-state index in [1.54, 1.807) is 16.7 Å². The third kappa shape index (κ3) is 3.53. The highest BCUT2D eigenvalue weighted by molar-refractivity contribution is 7.99. The molecule has 1 aromatic carbocycles. The Morgan fingerprint density at radius 1 is 1.33 bits per heavy atom. The standard InChI is InChI=1S/C18H20N2O3S/c1-12-3-4-13-9-14(5-6-16(13)19-12)18(22)20-7-8-24-11-15(20)10-17(21)23-2/h3-6,9,15H,7-8,10-11H2,1-2H3. The van der Waals surface area contributed by atoms with E-state index in [0.29, 0.717) is 12.1 Å². The lowest BCUT2D eigenvalue weighted by molar-refractivity contribution is -0.141. The number of hydrogen-bond donors (Lipinski definition) is 0. The molecule has 2 heterocycles. The summed E-state index contributed by atoms with van der Waals surface area (Å²) >= 11 is 1.76. The fraction of sp³-hybridized carbons (Fsp3) is 0.389. The van der Waals surface area contributed by atoms with Crippen LogP contribution < -0.4 is 0 Å². The van der Waals surface area contributed by atoms with Crippen molar-refractivity contribution in [2.75, 3.05) is 25.2 Å². The summed E-state index contributed by atoms with van der Waals surface area (Å²) in [5, 5.41) is 0.947. The molecule has 1 fully saturated rings. The zero-order valence-corrected chi connectivity index (χ0v) is 14.6. The zero-order chi connectivity index (χ0) is 17.1. The number of ether oxygens (including phenoxy) is 1. The van der Waals surface area contributed by atoms with Crippen LogP contribution >= 0.6 is 11.8 Å². The van der Waals surface area contributed by atoms with Gasteiger partial charge in [-0.1, -0.05) is 6.07 Å². The molecule has 1 atom stereocenters. The number of aryl methyl sites for hydroxylation is 1. The molecule has 0 N–H and O–H groups in total. The summed E-state index contributed by atoms with van der Waals surface area (Å²) in [5.74, 6) is 1.33. The first-order chi connectivity index (χ1) is 11.6. The number of esters is 1. The van der Waals surface area contributed by atoms with Crippen LogP contribution in [0.15, 0.2) is 30.3 Å². The number of carbonyl (C=O) groups excluding carboxylic acids is 2. The molecule has 2 aromatic rings. The number of methoxy groups -OCH3 is 1. The van der Waals surface area contributed by atoms with Crippen molar-refractivity contribution in [1.82, 2.24) is 9.88 Å². The van der Waals surface area contributed by atoms with E-state index in [1.807, 2.05) is 37.3 Å². The summed E-state index contributed by atoms with van der Waals surface area (Å²) < 4.78 is 4.76. The second-order valence-electron chi connectivity index (χ2n) is 5.87. The van der Waals surface area contributed by atoms with Gasteiger partial charge in [0.05, 0.1) is 25.1 Å². The number of pyridine rings is 1. The maximum Gasteiger partial charge on any atom is 0.307 e. The SMILES string of the molecule is COC(=O)CC1CSCCN1C(=O)c1ccc2nc(C)ccc2c1. The average molecular weight is 344 g/mol. The topological polar surface area (TPSA) is 59.5 Å². The Hall–Kier alpha value is -2.08. The van der Waals surface area contributed by atoms with Crippen molar-refractivity contribution in [2.45, 2.75) is 19.4 Å². The van der Waals surface area contributed by atoms with Crippen LogP contribution in [-0.2, 0) is 9.53 Å². The largest absolute Gasteiger partial charge is 0.469 e. The number of fused-ring (bicyclic) bond motifs is 1. The molecule has 1 aliphatic rings. The van der Waals surface area contributed by atoms with Crippen LogP contribution in [0.4, 0.5) is 0 Å². The number of aromatic nitrogens is 1. The van der Waals surface area contributed by atoms with Gasteiger partial charge in [0.1, 0.15) is 0 Å². The van der Waals surface area contributed by atoms with Gasteiger partial charge in [-0.15, -0.1) is 0 Å². The van der Waals surface area contributed by atoms with Crippen LogP contribution in [0.2, 0.25) is 0 Å². The van der Waals surface area contributed by atoms with Gasteiger partial charge in [0.2, 0.25) is 0 Å². The summed E-state index contributed by atoms with van der Waals surface area (Å²) in [7, 11) is 1.38. The first-order valence-corrected chi connectivity index (χ1v) is 9.07. The smallest absolute Gasteiger partial charge is 0.307 e. The van der Waals surface area contributed by atoms with Crippen LogP contribution in [0.3, 0.4) is 0 Å². The van der Waals surface area contributed by atoms with Crippen molar-refractivity contribution in [3.63, 3.8) is 0 Å². The summed E-state index contributed by atoms with van der Waals surface area (Å²) in [6.07, 6.45) is 0.240. The highest BCUT2D eigenvalue weighted by Gasteiger charge is 2.29. The van der Waals surface area contributed by atoms with E-state index in [-0.39, 0.29) is 24.3 Å². The van der Waals surface area contributed by atoms with Crippen LogP contribution in [-0.4, -0.2) is 53.0 Å². The second kappa shape index (κ2) is 7.21. The molecule has 1 aliphatic heterocycles. The molecule has 0 saturated carbocycles. The predicted molar refractivity (Wildman–Crippen MR) is 95.3 cm³/mol. The highest BCUT2D eigenvalue weighted by atomic mass is 32.2. The molecule has 3 rings (SSSR count). The molecule has 5 nitrogen and oxygen atoms in total. The van der Waals surface area contributed by atoms with Crippen LogP contribution in [0.5, 0.6) is 0 Å². The fourth-order valence-electron chi connectivity index (χ4n) is 2.89. The van der Waals surface area contributed by atoms with Crippen molar-refractivity contribution >= 4 is 34.5 Å². The van der Waals surface area contributed by atoms with Crippen molar-refractivity contribution < 1.29 is 14.3 Å². The zero-order valence-electron chi connectivity index (χ0n) is 13.8. The summed E-state index contributed by atoms with van der Waals surface area (Å²) in [6, 6.07) is 9.37. The van der Waals surface area contributed by atoms with Crippen LogP contribution in [0.25, 0.3) is 10.9 Å². The Morgan fingerprint density at radius 3 is 2.96 bits per heavy atom. The number of benzene rings is 1. The molecule has 1 amide bonds. The number of nitrogens with zero attached hydrogens (tertiary/aromatic N) is 2. The quantitative estimate of drug-likeness (QED) is 0.801. The van der Waals surface area contributed by atoms with Gasteiger partial charge in [0.15, 0.2) is 0 Å². The Morgan fingerprint density at radius 2 is 2.17 bits per heavy atom. The molecule has 24 heavy (non-hydrogen) atoms. The van der Waals surface area contributed by atoms with Crippen LogP contribution in [0, 0.1) is 6.92 Å². The van der Waals surface area contributed by atoms with E-state index in [4.69, 9.17) is 4.74 Å². The Kier molecular flexibility index (Phi) is 5.04. The van der Waals surface area contributed by atoms with E-state index < -0.39 is 0 Å². The molecular weight excluding hydrogens is 324 g/mol. The van der Waals surface area contributed by atoms with E-state index in [1.165, 1.54) is 7.11 Å².